The third-order valence-electron chi connectivity index (χ3n) is 4.29. The van der Waals surface area contributed by atoms with Crippen LogP contribution in [0.25, 0.3) is 0 Å². The van der Waals surface area contributed by atoms with Gasteiger partial charge in [0.15, 0.2) is 0 Å². The molecule has 0 radical (unpaired) electrons. The number of nitrogens with one attached hydrogen (secondary N) is 1. The smallest absolute Gasteiger partial charge is 0.261 e. The zero-order chi connectivity index (χ0) is 20.5. The molecular weight excluding hydrogens is 402 g/mol. The van der Waals surface area contributed by atoms with Crippen molar-refractivity contribution < 1.29 is 22.8 Å². The molecule has 0 aliphatic carbocycles. The maximum atomic E-state index is 12.4. The van der Waals surface area contributed by atoms with E-state index in [0.717, 1.165) is 21.8 Å². The number of hydrogen-bond donors (Lipinski definition) is 2. The molecule has 0 bridgehead atoms. The molecule has 28 heavy (non-hydrogen) atoms. The van der Waals surface area contributed by atoms with Gasteiger partial charge in [-0.05, 0) is 37.6 Å². The summed E-state index contributed by atoms with van der Waals surface area (Å²) in [5, 5.41) is 7.73. The fraction of sp³-hybridized carbons (Fsp3) is 0.278. The van der Waals surface area contributed by atoms with E-state index in [1.807, 2.05) is 6.92 Å². The van der Waals surface area contributed by atoms with Gasteiger partial charge in [0.05, 0.1) is 17.7 Å². The Labute approximate surface area is 166 Å². The quantitative estimate of drug-likeness (QED) is 0.654. The highest BCUT2D eigenvalue weighted by Crippen LogP contribution is 2.24. The summed E-state index contributed by atoms with van der Waals surface area (Å²) in [6.45, 7) is 2.20. The van der Waals surface area contributed by atoms with Gasteiger partial charge in [0, 0.05) is 17.8 Å². The number of fused-ring (bicyclic) bond motifs is 1. The SMILES string of the molecule is Cc1ccc2c(c1)C(=O)N(CCCC(=O)NCc1ccc(S(N)(=O)=O)s1)C2=O. The summed E-state index contributed by atoms with van der Waals surface area (Å²) >= 11 is 0.995. The van der Waals surface area contributed by atoms with Crippen LogP contribution >= 0.6 is 11.3 Å². The minimum absolute atomic E-state index is 0.0395. The summed E-state index contributed by atoms with van der Waals surface area (Å²) in [5.41, 5.74) is 1.70. The first-order valence-corrected chi connectivity index (χ1v) is 10.9. The first kappa shape index (κ1) is 20.2. The predicted octanol–water partition coefficient (Wildman–Crippen LogP) is 1.40. The number of nitrogens with zero attached hydrogens (tertiary/aromatic N) is 1. The first-order valence-electron chi connectivity index (χ1n) is 8.52. The molecule has 0 saturated heterocycles. The largest absolute Gasteiger partial charge is 0.351 e. The van der Waals surface area contributed by atoms with Crippen molar-refractivity contribution in [3.8, 4) is 0 Å². The Hall–Kier alpha value is -2.56. The van der Waals surface area contributed by atoms with E-state index in [2.05, 4.69) is 5.32 Å². The number of aryl methyl sites for hydroxylation is 1. The molecule has 10 heteroatoms. The summed E-state index contributed by atoms with van der Waals surface area (Å²) < 4.78 is 22.5. The number of carbonyl (C=O) groups excluding carboxylic acids is 3. The summed E-state index contributed by atoms with van der Waals surface area (Å²) in [4.78, 5) is 38.5. The zero-order valence-electron chi connectivity index (χ0n) is 15.1. The van der Waals surface area contributed by atoms with Crippen LogP contribution in [0.2, 0.25) is 0 Å². The van der Waals surface area contributed by atoms with Crippen LogP contribution in [-0.4, -0.2) is 37.6 Å². The van der Waals surface area contributed by atoms with Crippen LogP contribution in [-0.2, 0) is 21.4 Å². The minimum atomic E-state index is -3.74. The summed E-state index contributed by atoms with van der Waals surface area (Å²) in [7, 11) is -3.74. The number of primary sulfonamides is 1. The normalized spacial score (nSPS) is 13.7. The third-order valence-corrected chi connectivity index (χ3v) is 6.81. The molecule has 0 saturated carbocycles. The van der Waals surface area contributed by atoms with Gasteiger partial charge in [-0.3, -0.25) is 19.3 Å². The minimum Gasteiger partial charge on any atom is -0.351 e. The molecule has 0 atom stereocenters. The number of amides is 3. The lowest BCUT2D eigenvalue weighted by Crippen LogP contribution is -2.32. The topological polar surface area (TPSA) is 127 Å². The summed E-state index contributed by atoms with van der Waals surface area (Å²) in [6.07, 6.45) is 0.475. The highest BCUT2D eigenvalue weighted by molar-refractivity contribution is 7.91. The molecule has 3 N–H and O–H groups in total. The number of hydrogen-bond acceptors (Lipinski definition) is 6. The molecule has 2 aromatic rings. The van der Waals surface area contributed by atoms with Crippen molar-refractivity contribution >= 4 is 39.1 Å². The lowest BCUT2D eigenvalue weighted by molar-refractivity contribution is -0.121. The number of benzene rings is 1. The van der Waals surface area contributed by atoms with Gasteiger partial charge in [0.1, 0.15) is 4.21 Å². The second-order valence-corrected chi connectivity index (χ2v) is 9.41. The fourth-order valence-corrected chi connectivity index (χ4v) is 4.60. The van der Waals surface area contributed by atoms with Gasteiger partial charge in [-0.2, -0.15) is 0 Å². The Morgan fingerprint density at radius 3 is 2.54 bits per heavy atom. The molecule has 1 aromatic heterocycles. The lowest BCUT2D eigenvalue weighted by Gasteiger charge is -2.13. The Bertz CT molecular complexity index is 1060. The van der Waals surface area contributed by atoms with Gasteiger partial charge in [-0.15, -0.1) is 11.3 Å². The van der Waals surface area contributed by atoms with E-state index in [1.54, 1.807) is 24.3 Å². The van der Waals surface area contributed by atoms with Crippen LogP contribution in [0.1, 0.15) is 44.0 Å². The van der Waals surface area contributed by atoms with Gasteiger partial charge >= 0.3 is 0 Å². The van der Waals surface area contributed by atoms with Gasteiger partial charge in [-0.25, -0.2) is 13.6 Å². The van der Waals surface area contributed by atoms with Crippen LogP contribution in [0, 0.1) is 6.92 Å². The molecule has 1 aromatic carbocycles. The average molecular weight is 422 g/mol. The van der Waals surface area contributed by atoms with Crippen molar-refractivity contribution in [2.45, 2.75) is 30.5 Å². The van der Waals surface area contributed by atoms with E-state index in [1.165, 1.54) is 6.07 Å². The number of sulfonamides is 1. The molecule has 8 nitrogen and oxygen atoms in total. The second kappa shape index (κ2) is 7.82. The summed E-state index contributed by atoms with van der Waals surface area (Å²) in [5.74, 6) is -0.925. The maximum absolute atomic E-state index is 12.4. The van der Waals surface area contributed by atoms with E-state index in [9.17, 15) is 22.8 Å². The highest BCUT2D eigenvalue weighted by atomic mass is 32.2. The maximum Gasteiger partial charge on any atom is 0.261 e. The van der Waals surface area contributed by atoms with Crippen LogP contribution in [0.3, 0.4) is 0 Å². The van der Waals surface area contributed by atoms with Crippen LogP contribution < -0.4 is 10.5 Å². The zero-order valence-corrected chi connectivity index (χ0v) is 16.7. The van der Waals surface area contributed by atoms with Crippen molar-refractivity contribution in [3.63, 3.8) is 0 Å². The van der Waals surface area contributed by atoms with Crippen LogP contribution in [0.5, 0.6) is 0 Å². The number of thiophene rings is 1. The van der Waals surface area contributed by atoms with Gasteiger partial charge in [0.2, 0.25) is 15.9 Å². The number of imide groups is 1. The standard InChI is InChI=1S/C18H19N3O5S2/c1-11-4-6-13-14(9-11)18(24)21(17(13)23)8-2-3-15(22)20-10-12-5-7-16(27-12)28(19,25)26/h4-7,9H,2-3,8,10H2,1H3,(H,20,22)(H2,19,25,26). The first-order chi connectivity index (χ1) is 13.2. The molecule has 0 spiro atoms. The van der Waals surface area contributed by atoms with Gasteiger partial charge in [0.25, 0.3) is 11.8 Å². The van der Waals surface area contributed by atoms with Crippen LogP contribution in [0.15, 0.2) is 34.5 Å². The van der Waals surface area contributed by atoms with Crippen molar-refractivity contribution in [2.24, 2.45) is 5.14 Å². The highest BCUT2D eigenvalue weighted by Gasteiger charge is 2.34. The fourth-order valence-electron chi connectivity index (χ4n) is 2.89. The molecule has 0 fully saturated rings. The van der Waals surface area contributed by atoms with Crippen molar-refractivity contribution in [1.82, 2.24) is 10.2 Å². The van der Waals surface area contributed by atoms with E-state index in [-0.39, 0.29) is 41.4 Å². The van der Waals surface area contributed by atoms with Crippen molar-refractivity contribution in [3.05, 3.63) is 51.9 Å². The monoisotopic (exact) mass is 421 g/mol. The molecule has 0 unspecified atom stereocenters. The number of rotatable bonds is 7. The molecule has 3 amide bonds. The number of nitrogens with two attached hydrogens (primary N) is 1. The van der Waals surface area contributed by atoms with Crippen LogP contribution in [0.4, 0.5) is 0 Å². The Kier molecular flexibility index (Phi) is 5.64. The van der Waals surface area contributed by atoms with E-state index in [4.69, 9.17) is 5.14 Å². The molecule has 1 aliphatic heterocycles. The van der Waals surface area contributed by atoms with E-state index >= 15 is 0 Å². The third kappa shape index (κ3) is 4.29. The number of carbonyl (C=O) groups is 3. The molecule has 3 rings (SSSR count). The molecular formula is C18H19N3O5S2. The second-order valence-electron chi connectivity index (χ2n) is 6.46. The Balaban J connectivity index is 1.48. The average Bonchev–Trinajstić information content (AvgIpc) is 3.19. The Morgan fingerprint density at radius 2 is 1.86 bits per heavy atom. The van der Waals surface area contributed by atoms with E-state index in [0.29, 0.717) is 22.4 Å². The van der Waals surface area contributed by atoms with Gasteiger partial charge < -0.3 is 5.32 Å². The van der Waals surface area contributed by atoms with Crippen molar-refractivity contribution in [1.29, 1.82) is 0 Å². The van der Waals surface area contributed by atoms with Gasteiger partial charge in [-0.1, -0.05) is 11.6 Å². The molecule has 2 heterocycles. The summed E-state index contributed by atoms with van der Waals surface area (Å²) in [6, 6.07) is 8.11. The lowest BCUT2D eigenvalue weighted by atomic mass is 10.1. The van der Waals surface area contributed by atoms with E-state index < -0.39 is 10.0 Å². The van der Waals surface area contributed by atoms with Crippen molar-refractivity contribution in [2.75, 3.05) is 6.54 Å². The molecule has 148 valence electrons. The Morgan fingerprint density at radius 1 is 1.14 bits per heavy atom. The predicted molar refractivity (Wildman–Crippen MR) is 103 cm³/mol. The molecule has 1 aliphatic rings.